The third kappa shape index (κ3) is 7.70. The summed E-state index contributed by atoms with van der Waals surface area (Å²) in [5.41, 5.74) is -4.51. The highest BCUT2D eigenvalue weighted by Gasteiger charge is 2.30. The molecule has 0 aromatic heterocycles. The minimum atomic E-state index is -4.34. The zero-order chi connectivity index (χ0) is 27.2. The quantitative estimate of drug-likeness (QED) is 0.105. The SMILES string of the molecule is CC(C)(C#Cc1ccc(SC(F)(F)F)cc1)OC(=O)c1ccc([S+](c2ccccc2)c2ccccc2)cc1. The Morgan fingerprint density at radius 2 is 1.24 bits per heavy atom. The lowest BCUT2D eigenvalue weighted by Gasteiger charge is -2.19. The molecule has 0 bridgehead atoms. The summed E-state index contributed by atoms with van der Waals surface area (Å²) in [6.45, 7) is 3.34. The molecule has 0 saturated heterocycles. The first-order valence-corrected chi connectivity index (χ1v) is 13.7. The van der Waals surface area contributed by atoms with Crippen molar-refractivity contribution in [2.24, 2.45) is 0 Å². The van der Waals surface area contributed by atoms with Gasteiger partial charge >= 0.3 is 11.5 Å². The lowest BCUT2D eigenvalue weighted by atomic mass is 10.1. The van der Waals surface area contributed by atoms with Gasteiger partial charge in [0, 0.05) is 10.5 Å². The molecule has 0 amide bonds. The fraction of sp³-hybridized carbons (Fsp3) is 0.129. The summed E-state index contributed by atoms with van der Waals surface area (Å²) in [7, 11) is -0.325. The van der Waals surface area contributed by atoms with Crippen molar-refractivity contribution in [2.45, 2.75) is 44.5 Å². The number of ether oxygens (including phenoxy) is 1. The third-order valence-electron chi connectivity index (χ3n) is 5.23. The number of hydrogen-bond acceptors (Lipinski definition) is 3. The molecule has 0 aliphatic heterocycles. The molecule has 0 aliphatic rings. The number of rotatable bonds is 6. The van der Waals surface area contributed by atoms with Crippen molar-refractivity contribution in [3.8, 4) is 11.8 Å². The highest BCUT2D eigenvalue weighted by atomic mass is 32.2. The molecule has 0 radical (unpaired) electrons. The van der Waals surface area contributed by atoms with Gasteiger partial charge in [0.25, 0.3) is 0 Å². The molecule has 0 aliphatic carbocycles. The molecular formula is C31H24F3O2S2+. The zero-order valence-electron chi connectivity index (χ0n) is 20.7. The molecule has 4 aromatic rings. The molecule has 0 saturated carbocycles. The van der Waals surface area contributed by atoms with E-state index in [-0.39, 0.29) is 27.6 Å². The fourth-order valence-electron chi connectivity index (χ4n) is 3.53. The Labute approximate surface area is 227 Å². The number of thioether (sulfide) groups is 1. The van der Waals surface area contributed by atoms with Gasteiger partial charge in [-0.3, -0.25) is 0 Å². The van der Waals surface area contributed by atoms with Gasteiger partial charge in [0.2, 0.25) is 0 Å². The molecule has 192 valence electrons. The van der Waals surface area contributed by atoms with Gasteiger partial charge in [-0.1, -0.05) is 48.2 Å². The number of benzene rings is 4. The van der Waals surface area contributed by atoms with Crippen LogP contribution in [0.2, 0.25) is 0 Å². The van der Waals surface area contributed by atoms with E-state index in [2.05, 4.69) is 36.1 Å². The van der Waals surface area contributed by atoms with Crippen LogP contribution in [0.3, 0.4) is 0 Å². The average Bonchev–Trinajstić information content (AvgIpc) is 2.89. The Kier molecular flexibility index (Phi) is 8.55. The average molecular weight is 550 g/mol. The van der Waals surface area contributed by atoms with E-state index in [9.17, 15) is 18.0 Å². The van der Waals surface area contributed by atoms with E-state index in [1.807, 2.05) is 48.5 Å². The third-order valence-corrected chi connectivity index (χ3v) is 8.20. The van der Waals surface area contributed by atoms with Crippen molar-refractivity contribution in [2.75, 3.05) is 0 Å². The first-order chi connectivity index (χ1) is 18.1. The van der Waals surface area contributed by atoms with Crippen LogP contribution in [0.4, 0.5) is 13.2 Å². The van der Waals surface area contributed by atoms with Crippen molar-refractivity contribution in [3.05, 3.63) is 120 Å². The topological polar surface area (TPSA) is 26.3 Å². The largest absolute Gasteiger partial charge is 0.446 e. The van der Waals surface area contributed by atoms with Crippen LogP contribution in [-0.2, 0) is 15.6 Å². The summed E-state index contributed by atoms with van der Waals surface area (Å²) < 4.78 is 43.2. The van der Waals surface area contributed by atoms with Crippen molar-refractivity contribution in [1.29, 1.82) is 0 Å². The summed E-state index contributed by atoms with van der Waals surface area (Å²) in [5, 5.41) is 0. The lowest BCUT2D eigenvalue weighted by Crippen LogP contribution is -2.26. The number of alkyl halides is 3. The monoisotopic (exact) mass is 549 g/mol. The molecule has 38 heavy (non-hydrogen) atoms. The van der Waals surface area contributed by atoms with Crippen LogP contribution in [0.15, 0.2) is 129 Å². The van der Waals surface area contributed by atoms with E-state index >= 15 is 0 Å². The van der Waals surface area contributed by atoms with Gasteiger partial charge in [0.05, 0.1) is 16.5 Å². The smallest absolute Gasteiger partial charge is 0.443 e. The van der Waals surface area contributed by atoms with E-state index in [4.69, 9.17) is 4.74 Å². The predicted molar refractivity (Wildman–Crippen MR) is 146 cm³/mol. The molecule has 2 nitrogen and oxygen atoms in total. The Bertz CT molecular complexity index is 1380. The Balaban J connectivity index is 1.47. The van der Waals surface area contributed by atoms with Crippen LogP contribution in [0, 0.1) is 11.8 Å². The van der Waals surface area contributed by atoms with Gasteiger partial charge in [-0.25, -0.2) is 4.79 Å². The van der Waals surface area contributed by atoms with Crippen molar-refractivity contribution in [1.82, 2.24) is 0 Å². The van der Waals surface area contributed by atoms with Gasteiger partial charge in [-0.15, -0.1) is 0 Å². The number of hydrogen-bond donors (Lipinski definition) is 0. The highest BCUT2D eigenvalue weighted by molar-refractivity contribution is 8.00. The molecule has 4 rings (SSSR count). The Hall–Kier alpha value is -3.60. The van der Waals surface area contributed by atoms with E-state index in [1.165, 1.54) is 34.1 Å². The second-order valence-corrected chi connectivity index (χ2v) is 11.8. The van der Waals surface area contributed by atoms with Crippen LogP contribution in [-0.4, -0.2) is 17.1 Å². The maximum atomic E-state index is 12.9. The summed E-state index contributed by atoms with van der Waals surface area (Å²) >= 11 is -0.178. The van der Waals surface area contributed by atoms with Gasteiger partial charge in [0.15, 0.2) is 20.3 Å². The van der Waals surface area contributed by atoms with Gasteiger partial charge in [0.1, 0.15) is 0 Å². The number of esters is 1. The lowest BCUT2D eigenvalue weighted by molar-refractivity contribution is -0.0328. The zero-order valence-corrected chi connectivity index (χ0v) is 22.3. The predicted octanol–water partition coefficient (Wildman–Crippen LogP) is 8.38. The minimum absolute atomic E-state index is 0.0829. The first kappa shape index (κ1) is 27.4. The molecule has 0 spiro atoms. The molecule has 0 heterocycles. The minimum Gasteiger partial charge on any atom is -0.443 e. The molecule has 0 unspecified atom stereocenters. The van der Waals surface area contributed by atoms with Crippen molar-refractivity contribution < 1.29 is 22.7 Å². The van der Waals surface area contributed by atoms with Crippen LogP contribution in [0.25, 0.3) is 0 Å². The van der Waals surface area contributed by atoms with E-state index < -0.39 is 17.1 Å². The fourth-order valence-corrected chi connectivity index (χ4v) is 6.15. The maximum Gasteiger partial charge on any atom is 0.446 e. The number of carbonyl (C=O) groups is 1. The Morgan fingerprint density at radius 1 is 0.737 bits per heavy atom. The van der Waals surface area contributed by atoms with Crippen LogP contribution < -0.4 is 0 Å². The molecular weight excluding hydrogens is 525 g/mol. The Morgan fingerprint density at radius 3 is 1.74 bits per heavy atom. The summed E-state index contributed by atoms with van der Waals surface area (Å²) in [5.74, 6) is 5.26. The van der Waals surface area contributed by atoms with Crippen LogP contribution in [0.5, 0.6) is 0 Å². The highest BCUT2D eigenvalue weighted by Crippen LogP contribution is 2.36. The van der Waals surface area contributed by atoms with Crippen LogP contribution in [0.1, 0.15) is 29.8 Å². The van der Waals surface area contributed by atoms with E-state index in [0.717, 1.165) is 4.90 Å². The molecule has 0 atom stereocenters. The van der Waals surface area contributed by atoms with Gasteiger partial charge in [-0.05, 0) is 98.4 Å². The second-order valence-electron chi connectivity index (χ2n) is 8.68. The summed E-state index contributed by atoms with van der Waals surface area (Å²) in [6, 6.07) is 33.6. The summed E-state index contributed by atoms with van der Waals surface area (Å²) in [4.78, 5) is 16.4. The van der Waals surface area contributed by atoms with Crippen LogP contribution >= 0.6 is 11.8 Å². The first-order valence-electron chi connectivity index (χ1n) is 11.7. The van der Waals surface area contributed by atoms with Gasteiger partial charge < -0.3 is 4.74 Å². The molecule has 4 aromatic carbocycles. The number of halogens is 3. The number of carbonyl (C=O) groups excluding carboxylic acids is 1. The standard InChI is InChI=1S/C31H24F3O2S2/c1-30(2,22-21-23-13-17-25(18-14-23)37-31(32,33)34)36-29(35)24-15-19-28(20-16-24)38(26-9-5-3-6-10-26)27-11-7-4-8-12-27/h3-20H,1-2H3/q+1. The normalized spacial score (nSPS) is 11.5. The molecule has 0 fully saturated rings. The van der Waals surface area contributed by atoms with Crippen molar-refractivity contribution in [3.63, 3.8) is 0 Å². The van der Waals surface area contributed by atoms with Crippen molar-refractivity contribution >= 4 is 28.6 Å². The maximum absolute atomic E-state index is 12.9. The second kappa shape index (κ2) is 11.8. The molecule has 0 N–H and O–H groups in total. The van der Waals surface area contributed by atoms with E-state index in [1.54, 1.807) is 26.0 Å². The summed E-state index contributed by atoms with van der Waals surface area (Å²) in [6.07, 6.45) is 0. The molecule has 7 heteroatoms. The van der Waals surface area contributed by atoms with Gasteiger partial charge in [-0.2, -0.15) is 13.2 Å². The van der Waals surface area contributed by atoms with E-state index in [0.29, 0.717) is 11.1 Å².